The second-order valence-electron chi connectivity index (χ2n) is 6.09. The van der Waals surface area contributed by atoms with Gasteiger partial charge in [0.05, 0.1) is 30.1 Å². The number of nitrogens with two attached hydrogens (primary N) is 1. The third-order valence-corrected chi connectivity index (χ3v) is 4.92. The van der Waals surface area contributed by atoms with E-state index in [4.69, 9.17) is 10.5 Å². The Morgan fingerprint density at radius 3 is 3.05 bits per heavy atom. The van der Waals surface area contributed by atoms with E-state index in [9.17, 15) is 15.0 Å². The molecule has 0 aromatic carbocycles. The monoisotopic (exact) mass is 307 g/mol. The highest BCUT2D eigenvalue weighted by atomic mass is 16.5. The molecule has 4 atom stereocenters. The second-order valence-corrected chi connectivity index (χ2v) is 6.09. The van der Waals surface area contributed by atoms with Crippen molar-refractivity contribution < 1.29 is 19.7 Å². The molecule has 4 unspecified atom stereocenters. The van der Waals surface area contributed by atoms with Crippen LogP contribution in [0.2, 0.25) is 0 Å². The van der Waals surface area contributed by atoms with Gasteiger partial charge in [0.25, 0.3) is 0 Å². The molecule has 0 saturated carbocycles. The molecule has 1 aromatic rings. The Morgan fingerprint density at radius 2 is 2.36 bits per heavy atom. The SMILES string of the molecule is CC1OC(c2ccncc2N)CC2N(C(=O)O)CCCC12O. The summed E-state index contributed by atoms with van der Waals surface area (Å²) in [6, 6.07) is 1.30. The Labute approximate surface area is 128 Å². The minimum atomic E-state index is -1.14. The van der Waals surface area contributed by atoms with Gasteiger partial charge >= 0.3 is 6.09 Å². The van der Waals surface area contributed by atoms with Crippen LogP contribution in [0.25, 0.3) is 0 Å². The van der Waals surface area contributed by atoms with Crippen LogP contribution >= 0.6 is 0 Å². The van der Waals surface area contributed by atoms with Crippen LogP contribution in [0, 0.1) is 0 Å². The first-order valence-electron chi connectivity index (χ1n) is 7.50. The molecule has 0 radical (unpaired) electrons. The van der Waals surface area contributed by atoms with Gasteiger partial charge in [-0.1, -0.05) is 0 Å². The van der Waals surface area contributed by atoms with E-state index in [2.05, 4.69) is 4.98 Å². The number of rotatable bonds is 1. The Hall–Kier alpha value is -1.86. The number of nitrogens with zero attached hydrogens (tertiary/aromatic N) is 2. The molecule has 2 saturated heterocycles. The Morgan fingerprint density at radius 1 is 1.59 bits per heavy atom. The van der Waals surface area contributed by atoms with Crippen molar-refractivity contribution in [3.63, 3.8) is 0 Å². The summed E-state index contributed by atoms with van der Waals surface area (Å²) in [5.41, 5.74) is 6.12. The van der Waals surface area contributed by atoms with Gasteiger partial charge in [0.2, 0.25) is 0 Å². The molecule has 1 aromatic heterocycles. The smallest absolute Gasteiger partial charge is 0.407 e. The highest BCUT2D eigenvalue weighted by molar-refractivity contribution is 5.66. The number of fused-ring (bicyclic) bond motifs is 1. The number of likely N-dealkylation sites (tertiary alicyclic amines) is 1. The maximum Gasteiger partial charge on any atom is 0.407 e. The summed E-state index contributed by atoms with van der Waals surface area (Å²) in [4.78, 5) is 16.8. The van der Waals surface area contributed by atoms with E-state index in [1.807, 2.05) is 0 Å². The van der Waals surface area contributed by atoms with E-state index in [1.165, 1.54) is 4.90 Å². The molecule has 3 heterocycles. The van der Waals surface area contributed by atoms with Crippen LogP contribution in [0.3, 0.4) is 0 Å². The summed E-state index contributed by atoms with van der Waals surface area (Å²) < 4.78 is 5.98. The molecule has 0 aliphatic carbocycles. The first kappa shape index (κ1) is 15.1. The molecule has 1 amide bonds. The van der Waals surface area contributed by atoms with E-state index in [0.29, 0.717) is 31.5 Å². The van der Waals surface area contributed by atoms with Crippen LogP contribution in [-0.4, -0.2) is 50.5 Å². The van der Waals surface area contributed by atoms with Crippen LogP contribution in [0.5, 0.6) is 0 Å². The maximum absolute atomic E-state index is 11.5. The molecule has 3 rings (SSSR count). The van der Waals surface area contributed by atoms with Crippen molar-refractivity contribution in [2.45, 2.75) is 50.0 Å². The molecule has 0 spiro atoms. The lowest BCUT2D eigenvalue weighted by atomic mass is 9.75. The maximum atomic E-state index is 11.5. The van der Waals surface area contributed by atoms with Crippen molar-refractivity contribution in [1.82, 2.24) is 9.88 Å². The Balaban J connectivity index is 1.93. The van der Waals surface area contributed by atoms with Crippen LogP contribution in [0.1, 0.15) is 37.9 Å². The molecule has 4 N–H and O–H groups in total. The molecule has 7 heteroatoms. The first-order chi connectivity index (χ1) is 10.4. The number of piperidine rings is 1. The number of aliphatic hydroxyl groups is 1. The van der Waals surface area contributed by atoms with Gasteiger partial charge in [0.1, 0.15) is 5.60 Å². The number of amides is 1. The fraction of sp³-hybridized carbons (Fsp3) is 0.600. The summed E-state index contributed by atoms with van der Waals surface area (Å²) in [7, 11) is 0. The Bertz CT molecular complexity index is 582. The van der Waals surface area contributed by atoms with Gasteiger partial charge in [0, 0.05) is 24.7 Å². The lowest BCUT2D eigenvalue weighted by molar-refractivity contribution is -0.216. The van der Waals surface area contributed by atoms with Crippen molar-refractivity contribution in [3.05, 3.63) is 24.0 Å². The Kier molecular flexibility index (Phi) is 3.70. The van der Waals surface area contributed by atoms with Crippen molar-refractivity contribution in [1.29, 1.82) is 0 Å². The number of carboxylic acid groups (broad SMARTS) is 1. The minimum absolute atomic E-state index is 0.344. The zero-order chi connectivity index (χ0) is 15.9. The minimum Gasteiger partial charge on any atom is -0.465 e. The van der Waals surface area contributed by atoms with Gasteiger partial charge in [-0.15, -0.1) is 0 Å². The van der Waals surface area contributed by atoms with Gasteiger partial charge in [-0.3, -0.25) is 4.98 Å². The normalized spacial score (nSPS) is 35.0. The van der Waals surface area contributed by atoms with Gasteiger partial charge in [0.15, 0.2) is 0 Å². The van der Waals surface area contributed by atoms with E-state index < -0.39 is 23.8 Å². The van der Waals surface area contributed by atoms with Crippen LogP contribution in [0.4, 0.5) is 10.5 Å². The average molecular weight is 307 g/mol. The van der Waals surface area contributed by atoms with Crippen molar-refractivity contribution in [3.8, 4) is 0 Å². The second kappa shape index (κ2) is 5.40. The van der Waals surface area contributed by atoms with Gasteiger partial charge in [-0.2, -0.15) is 0 Å². The van der Waals surface area contributed by atoms with Gasteiger partial charge < -0.3 is 25.6 Å². The summed E-state index contributed by atoms with van der Waals surface area (Å²) in [5.74, 6) is 0. The predicted octanol–water partition coefficient (Wildman–Crippen LogP) is 1.39. The number of nitrogen functional groups attached to an aromatic ring is 1. The molecule has 0 bridgehead atoms. The van der Waals surface area contributed by atoms with Gasteiger partial charge in [-0.25, -0.2) is 4.79 Å². The molecule has 2 aliphatic rings. The lowest BCUT2D eigenvalue weighted by Gasteiger charge is -2.53. The summed E-state index contributed by atoms with van der Waals surface area (Å²) >= 11 is 0. The number of aromatic nitrogens is 1. The van der Waals surface area contributed by atoms with E-state index in [-0.39, 0.29) is 6.10 Å². The molecule has 2 aliphatic heterocycles. The number of hydrogen-bond acceptors (Lipinski definition) is 5. The quantitative estimate of drug-likeness (QED) is 0.723. The van der Waals surface area contributed by atoms with Crippen molar-refractivity contribution in [2.24, 2.45) is 0 Å². The van der Waals surface area contributed by atoms with Crippen LogP contribution in [0.15, 0.2) is 18.5 Å². The van der Waals surface area contributed by atoms with E-state index in [1.54, 1.807) is 25.4 Å². The molecule has 7 nitrogen and oxygen atoms in total. The zero-order valence-electron chi connectivity index (χ0n) is 12.5. The fourth-order valence-electron chi connectivity index (χ4n) is 3.69. The van der Waals surface area contributed by atoms with Crippen LogP contribution < -0.4 is 5.73 Å². The van der Waals surface area contributed by atoms with E-state index in [0.717, 1.165) is 5.56 Å². The molecular formula is C15H21N3O4. The standard InChI is InChI=1S/C15H21N3O4/c1-9-15(21)4-2-6-18(14(19)20)13(15)7-12(22-9)10-3-5-17-8-11(10)16/h3,5,8-9,12-13,21H,2,4,6-7,16H2,1H3,(H,19,20). The number of ether oxygens (including phenoxy) is 1. The average Bonchev–Trinajstić information content (AvgIpc) is 2.48. The molecule has 120 valence electrons. The first-order valence-corrected chi connectivity index (χ1v) is 7.50. The number of hydrogen-bond donors (Lipinski definition) is 3. The highest BCUT2D eigenvalue weighted by Crippen LogP contribution is 2.44. The number of anilines is 1. The highest BCUT2D eigenvalue weighted by Gasteiger charge is 2.53. The molecule has 22 heavy (non-hydrogen) atoms. The predicted molar refractivity (Wildman–Crippen MR) is 79.3 cm³/mol. The largest absolute Gasteiger partial charge is 0.465 e. The summed E-state index contributed by atoms with van der Waals surface area (Å²) in [6.07, 6.45) is 2.95. The molecular weight excluding hydrogens is 286 g/mol. The fourth-order valence-corrected chi connectivity index (χ4v) is 3.69. The number of pyridine rings is 1. The van der Waals surface area contributed by atoms with E-state index >= 15 is 0 Å². The summed E-state index contributed by atoms with van der Waals surface area (Å²) in [6.45, 7) is 2.23. The molecule has 2 fully saturated rings. The van der Waals surface area contributed by atoms with Crippen molar-refractivity contribution in [2.75, 3.05) is 12.3 Å². The van der Waals surface area contributed by atoms with Gasteiger partial charge in [-0.05, 0) is 25.8 Å². The lowest BCUT2D eigenvalue weighted by Crippen LogP contribution is -2.66. The number of carbonyl (C=O) groups is 1. The topological polar surface area (TPSA) is 109 Å². The third kappa shape index (κ3) is 2.30. The third-order valence-electron chi connectivity index (χ3n) is 4.92. The zero-order valence-corrected chi connectivity index (χ0v) is 12.5. The van der Waals surface area contributed by atoms with Crippen LogP contribution in [-0.2, 0) is 4.74 Å². The van der Waals surface area contributed by atoms with Crippen molar-refractivity contribution >= 4 is 11.8 Å². The summed E-state index contributed by atoms with van der Waals surface area (Å²) in [5, 5.41) is 20.4.